The first-order valence-corrected chi connectivity index (χ1v) is 5.25. The number of benzene rings is 1. The molecule has 0 aliphatic heterocycles. The summed E-state index contributed by atoms with van der Waals surface area (Å²) < 4.78 is 0. The number of carbonyl (C=O) groups excluding carboxylic acids is 1. The van der Waals surface area contributed by atoms with Gasteiger partial charge in [0.05, 0.1) is 10.7 Å². The van der Waals surface area contributed by atoms with Crippen LogP contribution in [-0.4, -0.2) is 5.91 Å². The number of halogens is 1. The summed E-state index contributed by atoms with van der Waals surface area (Å²) in [5.41, 5.74) is 1.64. The standard InChI is InChI=1S/C12H14ClNO/c1-3-4-8-11(15)14-12-9(2)6-5-7-10(12)13/h4-8H,3H2,1-2H3,(H,14,15)/b8-4+. The zero-order chi connectivity index (χ0) is 11.3. The molecule has 0 aromatic heterocycles. The van der Waals surface area contributed by atoms with Crippen LogP contribution in [0.3, 0.4) is 0 Å². The first-order chi connectivity index (χ1) is 7.15. The van der Waals surface area contributed by atoms with Crippen molar-refractivity contribution >= 4 is 23.2 Å². The van der Waals surface area contributed by atoms with E-state index in [4.69, 9.17) is 11.6 Å². The number of allylic oxidation sites excluding steroid dienone is 1. The molecule has 0 bridgehead atoms. The van der Waals surface area contributed by atoms with Gasteiger partial charge in [-0.15, -0.1) is 0 Å². The van der Waals surface area contributed by atoms with Crippen LogP contribution in [0.15, 0.2) is 30.4 Å². The van der Waals surface area contributed by atoms with Crippen LogP contribution in [0.25, 0.3) is 0 Å². The van der Waals surface area contributed by atoms with Crippen molar-refractivity contribution in [2.75, 3.05) is 5.32 Å². The number of aryl methyl sites for hydroxylation is 1. The van der Waals surface area contributed by atoms with Gasteiger partial charge in [-0.1, -0.05) is 36.7 Å². The van der Waals surface area contributed by atoms with E-state index in [0.717, 1.165) is 12.0 Å². The molecule has 0 fully saturated rings. The molecule has 1 aromatic rings. The molecule has 0 radical (unpaired) electrons. The van der Waals surface area contributed by atoms with Crippen molar-refractivity contribution in [3.05, 3.63) is 40.9 Å². The lowest BCUT2D eigenvalue weighted by molar-refractivity contribution is -0.111. The average Bonchev–Trinajstić information content (AvgIpc) is 2.21. The van der Waals surface area contributed by atoms with Crippen LogP contribution in [0.5, 0.6) is 0 Å². The van der Waals surface area contributed by atoms with Crippen molar-refractivity contribution in [1.29, 1.82) is 0 Å². The molecular weight excluding hydrogens is 210 g/mol. The van der Waals surface area contributed by atoms with E-state index in [1.165, 1.54) is 6.08 Å². The third kappa shape index (κ3) is 3.40. The maximum atomic E-state index is 11.4. The van der Waals surface area contributed by atoms with Gasteiger partial charge < -0.3 is 5.32 Å². The molecule has 0 spiro atoms. The molecule has 1 rings (SSSR count). The summed E-state index contributed by atoms with van der Waals surface area (Å²) in [6, 6.07) is 5.52. The van der Waals surface area contributed by atoms with Crippen LogP contribution >= 0.6 is 11.6 Å². The number of hydrogen-bond donors (Lipinski definition) is 1. The number of amides is 1. The van der Waals surface area contributed by atoms with E-state index < -0.39 is 0 Å². The minimum atomic E-state index is -0.145. The Morgan fingerprint density at radius 2 is 2.27 bits per heavy atom. The van der Waals surface area contributed by atoms with Gasteiger partial charge in [0.2, 0.25) is 5.91 Å². The SMILES string of the molecule is CC/C=C/C(=O)Nc1c(C)cccc1Cl. The van der Waals surface area contributed by atoms with E-state index in [0.29, 0.717) is 10.7 Å². The maximum Gasteiger partial charge on any atom is 0.248 e. The molecule has 1 aromatic carbocycles. The Kier molecular flexibility index (Phi) is 4.37. The molecular formula is C12H14ClNO. The fourth-order valence-electron chi connectivity index (χ4n) is 1.18. The number of rotatable bonds is 3. The van der Waals surface area contributed by atoms with E-state index in [1.54, 1.807) is 6.07 Å². The average molecular weight is 224 g/mol. The Hall–Kier alpha value is -1.28. The lowest BCUT2D eigenvalue weighted by Crippen LogP contribution is -2.09. The Labute approximate surface area is 94.9 Å². The van der Waals surface area contributed by atoms with Gasteiger partial charge in [-0.25, -0.2) is 0 Å². The Morgan fingerprint density at radius 1 is 1.53 bits per heavy atom. The summed E-state index contributed by atoms with van der Waals surface area (Å²) in [6.07, 6.45) is 4.17. The number of nitrogens with one attached hydrogen (secondary N) is 1. The van der Waals surface area contributed by atoms with Gasteiger partial charge in [0.1, 0.15) is 0 Å². The van der Waals surface area contributed by atoms with Gasteiger partial charge in [-0.2, -0.15) is 0 Å². The number of anilines is 1. The first-order valence-electron chi connectivity index (χ1n) is 4.87. The van der Waals surface area contributed by atoms with Gasteiger partial charge in [-0.3, -0.25) is 4.79 Å². The Bertz CT molecular complexity index is 365. The van der Waals surface area contributed by atoms with Crippen molar-refractivity contribution in [1.82, 2.24) is 0 Å². The Balaban J connectivity index is 2.80. The van der Waals surface area contributed by atoms with Crippen molar-refractivity contribution in [3.63, 3.8) is 0 Å². The molecule has 3 heteroatoms. The highest BCUT2D eigenvalue weighted by atomic mass is 35.5. The van der Waals surface area contributed by atoms with Crippen molar-refractivity contribution < 1.29 is 4.79 Å². The first kappa shape index (κ1) is 11.8. The van der Waals surface area contributed by atoms with Gasteiger partial charge in [0.25, 0.3) is 0 Å². The van der Waals surface area contributed by atoms with Crippen LogP contribution < -0.4 is 5.32 Å². The van der Waals surface area contributed by atoms with Gasteiger partial charge in [-0.05, 0) is 31.1 Å². The van der Waals surface area contributed by atoms with E-state index in [2.05, 4.69) is 5.32 Å². The molecule has 0 aliphatic carbocycles. The fourth-order valence-corrected chi connectivity index (χ4v) is 1.45. The van der Waals surface area contributed by atoms with Gasteiger partial charge >= 0.3 is 0 Å². The molecule has 80 valence electrons. The summed E-state index contributed by atoms with van der Waals surface area (Å²) >= 11 is 5.97. The van der Waals surface area contributed by atoms with E-state index in [1.807, 2.05) is 32.1 Å². The van der Waals surface area contributed by atoms with Crippen LogP contribution in [-0.2, 0) is 4.79 Å². The summed E-state index contributed by atoms with van der Waals surface area (Å²) in [5, 5.41) is 3.32. The number of para-hydroxylation sites is 1. The largest absolute Gasteiger partial charge is 0.321 e. The van der Waals surface area contributed by atoms with Gasteiger partial charge in [0.15, 0.2) is 0 Å². The topological polar surface area (TPSA) is 29.1 Å². The summed E-state index contributed by atoms with van der Waals surface area (Å²) in [5.74, 6) is -0.145. The molecule has 15 heavy (non-hydrogen) atoms. The van der Waals surface area contributed by atoms with Crippen LogP contribution in [0, 0.1) is 6.92 Å². The molecule has 0 saturated carbocycles. The minimum absolute atomic E-state index is 0.145. The molecule has 1 N–H and O–H groups in total. The molecule has 0 atom stereocenters. The minimum Gasteiger partial charge on any atom is -0.321 e. The highest BCUT2D eigenvalue weighted by Gasteiger charge is 2.05. The molecule has 2 nitrogen and oxygen atoms in total. The second-order valence-electron chi connectivity index (χ2n) is 3.23. The van der Waals surface area contributed by atoms with Crippen LogP contribution in [0.1, 0.15) is 18.9 Å². The Morgan fingerprint density at radius 3 is 2.87 bits per heavy atom. The number of hydrogen-bond acceptors (Lipinski definition) is 1. The molecule has 1 amide bonds. The fraction of sp³-hybridized carbons (Fsp3) is 0.250. The van der Waals surface area contributed by atoms with E-state index >= 15 is 0 Å². The summed E-state index contributed by atoms with van der Waals surface area (Å²) in [4.78, 5) is 11.4. The quantitative estimate of drug-likeness (QED) is 0.781. The zero-order valence-corrected chi connectivity index (χ0v) is 9.64. The summed E-state index contributed by atoms with van der Waals surface area (Å²) in [6.45, 7) is 3.88. The van der Waals surface area contributed by atoms with Crippen molar-refractivity contribution in [2.45, 2.75) is 20.3 Å². The highest BCUT2D eigenvalue weighted by Crippen LogP contribution is 2.24. The van der Waals surface area contributed by atoms with Crippen molar-refractivity contribution in [3.8, 4) is 0 Å². The predicted molar refractivity (Wildman–Crippen MR) is 64.2 cm³/mol. The smallest absolute Gasteiger partial charge is 0.248 e. The molecule has 0 aliphatic rings. The summed E-state index contributed by atoms with van der Waals surface area (Å²) in [7, 11) is 0. The van der Waals surface area contributed by atoms with Gasteiger partial charge in [0, 0.05) is 0 Å². The highest BCUT2D eigenvalue weighted by molar-refractivity contribution is 6.34. The lowest BCUT2D eigenvalue weighted by atomic mass is 10.2. The molecule has 0 unspecified atom stereocenters. The predicted octanol–water partition coefficient (Wildman–Crippen LogP) is 3.55. The monoisotopic (exact) mass is 223 g/mol. The normalized spacial score (nSPS) is 10.6. The van der Waals surface area contributed by atoms with E-state index in [9.17, 15) is 4.79 Å². The molecule has 0 heterocycles. The van der Waals surface area contributed by atoms with Crippen LogP contribution in [0.2, 0.25) is 5.02 Å². The maximum absolute atomic E-state index is 11.4. The number of carbonyl (C=O) groups is 1. The second kappa shape index (κ2) is 5.56. The third-order valence-electron chi connectivity index (χ3n) is 1.98. The van der Waals surface area contributed by atoms with Crippen LogP contribution in [0.4, 0.5) is 5.69 Å². The molecule has 0 saturated heterocycles. The zero-order valence-electron chi connectivity index (χ0n) is 8.88. The lowest BCUT2D eigenvalue weighted by Gasteiger charge is -2.07. The third-order valence-corrected chi connectivity index (χ3v) is 2.29. The van der Waals surface area contributed by atoms with Crippen molar-refractivity contribution in [2.24, 2.45) is 0 Å². The van der Waals surface area contributed by atoms with E-state index in [-0.39, 0.29) is 5.91 Å². The second-order valence-corrected chi connectivity index (χ2v) is 3.64.